The molecule has 2 amide bonds. The molecule has 0 spiro atoms. The summed E-state index contributed by atoms with van der Waals surface area (Å²) in [7, 11) is 5.28. The van der Waals surface area contributed by atoms with Crippen molar-refractivity contribution in [2.24, 2.45) is 7.05 Å². The van der Waals surface area contributed by atoms with Crippen LogP contribution in [0.15, 0.2) is 83.9 Å². The number of hydrogen-bond acceptors (Lipinski definition) is 5. The summed E-state index contributed by atoms with van der Waals surface area (Å²) in [5.41, 5.74) is 2.77. The maximum Gasteiger partial charge on any atom is 0.242 e. The SMILES string of the molecule is COc1ccc(S[C@]2(C(=O)N3CCCC3)CC(=O)N(c3ccc4c(ccn4C)c3)[C@@H]2c2ccc(OC)cc2)cc1. The van der Waals surface area contributed by atoms with E-state index in [0.717, 1.165) is 51.4 Å². The number of ether oxygens (including phenoxy) is 2. The molecule has 3 heterocycles. The standard InChI is InChI=1S/C32H33N3O4S/c1-33-19-16-23-20-24(8-15-28(23)33)35-29(36)21-32(31(37)34-17-4-5-18-34,40-27-13-11-26(39-3)12-14-27)30(35)22-6-9-25(38-2)10-7-22/h6-16,19-20,30H,4-5,17-18,21H2,1-3H3/t30-,32-/m1/s1. The number of methoxy groups -OCH3 is 2. The molecular weight excluding hydrogens is 522 g/mol. The lowest BCUT2D eigenvalue weighted by Gasteiger charge is -2.39. The number of amides is 2. The Morgan fingerprint density at radius 1 is 0.900 bits per heavy atom. The highest BCUT2D eigenvalue weighted by Crippen LogP contribution is 2.55. The Kier molecular flexibility index (Phi) is 6.96. The van der Waals surface area contributed by atoms with Crippen molar-refractivity contribution in [3.8, 4) is 11.5 Å². The number of nitrogens with zero attached hydrogens (tertiary/aromatic N) is 3. The molecule has 2 aliphatic rings. The number of benzene rings is 3. The van der Waals surface area contributed by atoms with E-state index >= 15 is 0 Å². The molecule has 4 aromatic rings. The Balaban J connectivity index is 1.53. The number of carbonyl (C=O) groups is 2. The summed E-state index contributed by atoms with van der Waals surface area (Å²) >= 11 is 1.49. The van der Waals surface area contributed by atoms with Crippen LogP contribution in [-0.2, 0) is 16.6 Å². The first-order valence-electron chi connectivity index (χ1n) is 13.6. The van der Waals surface area contributed by atoms with Crippen LogP contribution in [-0.4, -0.2) is 53.3 Å². The molecule has 0 radical (unpaired) electrons. The molecule has 7 nitrogen and oxygen atoms in total. The summed E-state index contributed by atoms with van der Waals surface area (Å²) in [5, 5.41) is 1.05. The highest BCUT2D eigenvalue weighted by molar-refractivity contribution is 8.01. The number of anilines is 1. The number of aryl methyl sites for hydroxylation is 1. The molecule has 8 heteroatoms. The van der Waals surface area contributed by atoms with Crippen LogP contribution in [0.25, 0.3) is 10.9 Å². The Labute approximate surface area is 238 Å². The van der Waals surface area contributed by atoms with Gasteiger partial charge in [-0.1, -0.05) is 12.1 Å². The topological polar surface area (TPSA) is 64.0 Å². The highest BCUT2D eigenvalue weighted by Gasteiger charge is 2.59. The fraction of sp³-hybridized carbons (Fsp3) is 0.312. The lowest BCUT2D eigenvalue weighted by Crippen LogP contribution is -2.49. The molecule has 6 rings (SSSR count). The third-order valence-corrected chi connectivity index (χ3v) is 9.49. The van der Waals surface area contributed by atoms with Crippen molar-refractivity contribution < 1.29 is 19.1 Å². The van der Waals surface area contributed by atoms with Crippen LogP contribution in [0, 0.1) is 0 Å². The summed E-state index contributed by atoms with van der Waals surface area (Å²) in [6.07, 6.45) is 4.07. The van der Waals surface area contributed by atoms with Crippen LogP contribution in [0.3, 0.4) is 0 Å². The minimum Gasteiger partial charge on any atom is -0.497 e. The van der Waals surface area contributed by atoms with Crippen molar-refractivity contribution in [1.29, 1.82) is 0 Å². The first-order chi connectivity index (χ1) is 19.4. The summed E-state index contributed by atoms with van der Waals surface area (Å²) in [6, 6.07) is 23.1. The van der Waals surface area contributed by atoms with Crippen molar-refractivity contribution >= 4 is 40.2 Å². The van der Waals surface area contributed by atoms with Gasteiger partial charge in [-0.15, -0.1) is 11.8 Å². The summed E-state index contributed by atoms with van der Waals surface area (Å²) in [5.74, 6) is 1.42. The van der Waals surface area contributed by atoms with Crippen LogP contribution in [0.5, 0.6) is 11.5 Å². The Morgan fingerprint density at radius 3 is 2.20 bits per heavy atom. The van der Waals surface area contributed by atoms with Gasteiger partial charge < -0.3 is 23.8 Å². The second kappa shape index (κ2) is 10.6. The van der Waals surface area contributed by atoms with Gasteiger partial charge in [-0.2, -0.15) is 0 Å². The zero-order valence-electron chi connectivity index (χ0n) is 23.0. The molecule has 40 heavy (non-hydrogen) atoms. The minimum absolute atomic E-state index is 0.0169. The average molecular weight is 556 g/mol. The number of hydrogen-bond donors (Lipinski definition) is 0. The lowest BCUT2D eigenvalue weighted by atomic mass is 9.90. The predicted octanol–water partition coefficient (Wildman–Crippen LogP) is 5.83. The fourth-order valence-electron chi connectivity index (χ4n) is 6.05. The molecule has 2 saturated heterocycles. The normalized spacial score (nSPS) is 20.9. The van der Waals surface area contributed by atoms with Gasteiger partial charge in [0.25, 0.3) is 0 Å². The third kappa shape index (κ3) is 4.50. The highest BCUT2D eigenvalue weighted by atomic mass is 32.2. The summed E-state index contributed by atoms with van der Waals surface area (Å²) in [4.78, 5) is 33.5. The molecular formula is C32H33N3O4S. The molecule has 0 aliphatic carbocycles. The Morgan fingerprint density at radius 2 is 1.55 bits per heavy atom. The van der Waals surface area contributed by atoms with Crippen molar-refractivity contribution in [3.63, 3.8) is 0 Å². The largest absolute Gasteiger partial charge is 0.497 e. The number of carbonyl (C=O) groups excluding carboxylic acids is 2. The molecule has 2 aliphatic heterocycles. The van der Waals surface area contributed by atoms with Gasteiger partial charge in [0.15, 0.2) is 0 Å². The Hall–Kier alpha value is -3.91. The summed E-state index contributed by atoms with van der Waals surface area (Å²) < 4.78 is 11.8. The monoisotopic (exact) mass is 555 g/mol. The van der Waals surface area contributed by atoms with Gasteiger partial charge in [-0.3, -0.25) is 9.59 Å². The van der Waals surface area contributed by atoms with Crippen molar-refractivity contribution in [2.75, 3.05) is 32.2 Å². The van der Waals surface area contributed by atoms with Crippen molar-refractivity contribution in [3.05, 3.63) is 84.6 Å². The van der Waals surface area contributed by atoms with E-state index in [-0.39, 0.29) is 18.2 Å². The number of thioether (sulfide) groups is 1. The molecule has 2 atom stereocenters. The van der Waals surface area contributed by atoms with E-state index in [4.69, 9.17) is 9.47 Å². The second-order valence-electron chi connectivity index (χ2n) is 10.5. The number of rotatable bonds is 7. The maximum atomic E-state index is 14.6. The van der Waals surface area contributed by atoms with E-state index < -0.39 is 10.8 Å². The molecule has 206 valence electrons. The van der Waals surface area contributed by atoms with Gasteiger partial charge in [0, 0.05) is 47.8 Å². The van der Waals surface area contributed by atoms with Gasteiger partial charge in [0.05, 0.1) is 26.7 Å². The van der Waals surface area contributed by atoms with E-state index in [1.54, 1.807) is 14.2 Å². The van der Waals surface area contributed by atoms with Gasteiger partial charge in [-0.25, -0.2) is 0 Å². The molecule has 0 N–H and O–H groups in total. The van der Waals surface area contributed by atoms with E-state index in [9.17, 15) is 9.59 Å². The van der Waals surface area contributed by atoms with Gasteiger partial charge in [-0.05, 0) is 79.1 Å². The molecule has 1 aromatic heterocycles. The molecule has 0 unspecified atom stereocenters. The zero-order chi connectivity index (χ0) is 27.9. The maximum absolute atomic E-state index is 14.6. The molecule has 0 saturated carbocycles. The van der Waals surface area contributed by atoms with Crippen LogP contribution in [0.4, 0.5) is 5.69 Å². The minimum atomic E-state index is -1.06. The average Bonchev–Trinajstić information content (AvgIpc) is 3.72. The number of fused-ring (bicyclic) bond motifs is 1. The zero-order valence-corrected chi connectivity index (χ0v) is 23.8. The fourth-order valence-corrected chi connectivity index (χ4v) is 7.50. The van der Waals surface area contributed by atoms with E-state index in [1.807, 2.05) is 83.7 Å². The third-order valence-electron chi connectivity index (χ3n) is 8.08. The second-order valence-corrected chi connectivity index (χ2v) is 11.9. The summed E-state index contributed by atoms with van der Waals surface area (Å²) in [6.45, 7) is 1.42. The molecule has 2 fully saturated rings. The Bertz CT molecular complexity index is 1540. The van der Waals surface area contributed by atoms with Gasteiger partial charge in [0.1, 0.15) is 16.2 Å². The van der Waals surface area contributed by atoms with Gasteiger partial charge in [0.2, 0.25) is 11.8 Å². The van der Waals surface area contributed by atoms with Crippen LogP contribution < -0.4 is 14.4 Å². The number of aromatic nitrogens is 1. The van der Waals surface area contributed by atoms with Crippen LogP contribution >= 0.6 is 11.8 Å². The van der Waals surface area contributed by atoms with Crippen LogP contribution in [0.1, 0.15) is 30.9 Å². The molecule has 3 aromatic carbocycles. The van der Waals surface area contributed by atoms with E-state index in [0.29, 0.717) is 13.1 Å². The van der Waals surface area contributed by atoms with E-state index in [2.05, 4.69) is 16.7 Å². The lowest BCUT2D eigenvalue weighted by molar-refractivity contribution is -0.133. The molecule has 0 bridgehead atoms. The van der Waals surface area contributed by atoms with Gasteiger partial charge >= 0.3 is 0 Å². The number of likely N-dealkylation sites (tertiary alicyclic amines) is 1. The van der Waals surface area contributed by atoms with E-state index in [1.165, 1.54) is 11.8 Å². The smallest absolute Gasteiger partial charge is 0.242 e. The quantitative estimate of drug-likeness (QED) is 0.287. The predicted molar refractivity (Wildman–Crippen MR) is 158 cm³/mol. The van der Waals surface area contributed by atoms with Crippen molar-refractivity contribution in [2.45, 2.75) is 34.9 Å². The first-order valence-corrected chi connectivity index (χ1v) is 14.4. The van der Waals surface area contributed by atoms with Crippen molar-refractivity contribution in [1.82, 2.24) is 9.47 Å². The van der Waals surface area contributed by atoms with Crippen LogP contribution in [0.2, 0.25) is 0 Å². The first kappa shape index (κ1) is 26.3.